The average Bonchev–Trinajstić information content (AvgIpc) is 2.54. The highest BCUT2D eigenvalue weighted by atomic mass is 32.2. The van der Waals surface area contributed by atoms with Crippen molar-refractivity contribution < 1.29 is 0 Å². The molecule has 0 bridgehead atoms. The molecule has 2 aromatic carbocycles. The summed E-state index contributed by atoms with van der Waals surface area (Å²) in [5.74, 6) is 2.07. The van der Waals surface area contributed by atoms with E-state index in [1.54, 1.807) is 11.9 Å². The van der Waals surface area contributed by atoms with Crippen LogP contribution in [0.5, 0.6) is 0 Å². The summed E-state index contributed by atoms with van der Waals surface area (Å²) < 4.78 is 4.58. The standard InChI is InChI=1S/C20H23N3S/c1-13(2)14-9-11-16(12-10-14)21-20-22-19-17(15-5-3-6-15)7-4-8-18(19)24-23-20/h4,7-13,15H,3,5-6H2,1-2H3,(H2,21,22,23). The Kier molecular flexibility index (Phi) is 4.23. The average molecular weight is 337 g/mol. The van der Waals surface area contributed by atoms with Gasteiger partial charge in [-0.15, -0.1) is 0 Å². The van der Waals surface area contributed by atoms with Gasteiger partial charge in [-0.25, -0.2) is 0 Å². The van der Waals surface area contributed by atoms with Crippen molar-refractivity contribution in [3.8, 4) is 0 Å². The number of nitrogens with zero attached hydrogens (tertiary/aromatic N) is 1. The molecule has 0 radical (unpaired) electrons. The zero-order valence-corrected chi connectivity index (χ0v) is 15.0. The summed E-state index contributed by atoms with van der Waals surface area (Å²) in [5.41, 5.74) is 5.10. The number of fused-ring (bicyclic) bond motifs is 1. The maximum Gasteiger partial charge on any atom is 0.212 e. The lowest BCUT2D eigenvalue weighted by Gasteiger charge is -2.30. The van der Waals surface area contributed by atoms with Crippen LogP contribution in [0.2, 0.25) is 0 Å². The van der Waals surface area contributed by atoms with Gasteiger partial charge in [0.1, 0.15) is 0 Å². The van der Waals surface area contributed by atoms with Crippen molar-refractivity contribution in [3.63, 3.8) is 0 Å². The third-order valence-electron chi connectivity index (χ3n) is 4.92. The monoisotopic (exact) mass is 337 g/mol. The van der Waals surface area contributed by atoms with E-state index in [0.29, 0.717) is 11.8 Å². The van der Waals surface area contributed by atoms with Crippen molar-refractivity contribution in [3.05, 3.63) is 53.6 Å². The van der Waals surface area contributed by atoms with E-state index in [2.05, 4.69) is 71.3 Å². The Bertz CT molecular complexity index is 761. The first-order valence-corrected chi connectivity index (χ1v) is 9.50. The topological polar surface area (TPSA) is 36.4 Å². The van der Waals surface area contributed by atoms with Crippen LogP contribution in [-0.2, 0) is 0 Å². The van der Waals surface area contributed by atoms with Gasteiger partial charge in [-0.1, -0.05) is 44.5 Å². The summed E-state index contributed by atoms with van der Waals surface area (Å²) >= 11 is 1.55. The minimum absolute atomic E-state index is 0.552. The molecule has 0 atom stereocenters. The zero-order valence-electron chi connectivity index (χ0n) is 14.2. The van der Waals surface area contributed by atoms with E-state index in [4.69, 9.17) is 0 Å². The Labute approximate surface area is 148 Å². The van der Waals surface area contributed by atoms with Crippen molar-refractivity contribution in [2.75, 3.05) is 10.6 Å². The van der Waals surface area contributed by atoms with E-state index in [0.717, 1.165) is 11.6 Å². The number of anilines is 2. The SMILES string of the molecule is CC(C)c1ccc(NC2=NSc3cccc(C4CCC4)c3N2)cc1. The third kappa shape index (κ3) is 3.03. The molecular weight excluding hydrogens is 314 g/mol. The van der Waals surface area contributed by atoms with Crippen LogP contribution in [-0.4, -0.2) is 5.96 Å². The van der Waals surface area contributed by atoms with Crippen LogP contribution in [0.4, 0.5) is 11.4 Å². The van der Waals surface area contributed by atoms with Crippen molar-refractivity contribution in [2.24, 2.45) is 4.40 Å². The number of hydrogen-bond donors (Lipinski definition) is 2. The minimum Gasteiger partial charge on any atom is -0.325 e. The highest BCUT2D eigenvalue weighted by Crippen LogP contribution is 2.44. The lowest BCUT2D eigenvalue weighted by Crippen LogP contribution is -2.25. The molecule has 0 amide bonds. The van der Waals surface area contributed by atoms with Gasteiger partial charge in [0.25, 0.3) is 0 Å². The van der Waals surface area contributed by atoms with Gasteiger partial charge in [-0.3, -0.25) is 0 Å². The molecule has 3 nitrogen and oxygen atoms in total. The van der Waals surface area contributed by atoms with Crippen LogP contribution in [0.15, 0.2) is 51.8 Å². The predicted octanol–water partition coefficient (Wildman–Crippen LogP) is 5.98. The molecule has 0 spiro atoms. The Balaban J connectivity index is 1.52. The molecule has 1 aliphatic carbocycles. The Hall–Kier alpha value is -1.94. The van der Waals surface area contributed by atoms with Crippen LogP contribution in [0, 0.1) is 0 Å². The van der Waals surface area contributed by atoms with Crippen LogP contribution < -0.4 is 10.6 Å². The van der Waals surface area contributed by atoms with E-state index in [1.807, 2.05) is 0 Å². The minimum atomic E-state index is 0.552. The van der Waals surface area contributed by atoms with Gasteiger partial charge in [0.05, 0.1) is 10.6 Å². The maximum absolute atomic E-state index is 4.58. The molecule has 1 saturated carbocycles. The highest BCUT2D eigenvalue weighted by molar-refractivity contribution is 7.98. The van der Waals surface area contributed by atoms with E-state index in [1.165, 1.54) is 41.0 Å². The molecule has 1 heterocycles. The number of hydrogen-bond acceptors (Lipinski definition) is 4. The molecule has 2 N–H and O–H groups in total. The van der Waals surface area contributed by atoms with Crippen molar-refractivity contribution in [2.45, 2.75) is 49.8 Å². The normalized spacial score (nSPS) is 16.9. The lowest BCUT2D eigenvalue weighted by molar-refractivity contribution is 0.420. The van der Waals surface area contributed by atoms with E-state index < -0.39 is 0 Å². The summed E-state index contributed by atoms with van der Waals surface area (Å²) in [7, 11) is 0. The van der Waals surface area contributed by atoms with Gasteiger partial charge in [0.2, 0.25) is 5.96 Å². The molecule has 0 saturated heterocycles. The van der Waals surface area contributed by atoms with Gasteiger partial charge in [0.15, 0.2) is 0 Å². The first kappa shape index (κ1) is 15.6. The second-order valence-electron chi connectivity index (χ2n) is 6.91. The zero-order chi connectivity index (χ0) is 16.5. The second-order valence-corrected chi connectivity index (χ2v) is 7.71. The number of rotatable bonds is 3. The van der Waals surface area contributed by atoms with Gasteiger partial charge >= 0.3 is 0 Å². The molecule has 1 fully saturated rings. The fraction of sp³-hybridized carbons (Fsp3) is 0.350. The third-order valence-corrected chi connectivity index (χ3v) is 5.73. The number of nitrogens with one attached hydrogen (secondary N) is 2. The van der Waals surface area contributed by atoms with Gasteiger partial charge in [-0.05, 0) is 54.0 Å². The summed E-state index contributed by atoms with van der Waals surface area (Å²) in [6.07, 6.45) is 3.96. The fourth-order valence-corrected chi connectivity index (χ4v) is 3.88. The molecule has 2 aliphatic rings. The van der Waals surface area contributed by atoms with Crippen LogP contribution in [0.1, 0.15) is 56.1 Å². The summed E-state index contributed by atoms with van der Waals surface area (Å²) in [6, 6.07) is 15.2. The maximum atomic E-state index is 4.58. The van der Waals surface area contributed by atoms with E-state index in [9.17, 15) is 0 Å². The summed E-state index contributed by atoms with van der Waals surface area (Å²) in [5, 5.41) is 6.93. The lowest BCUT2D eigenvalue weighted by atomic mass is 9.79. The van der Waals surface area contributed by atoms with Crippen molar-refractivity contribution in [1.29, 1.82) is 0 Å². The molecule has 24 heavy (non-hydrogen) atoms. The Morgan fingerprint density at radius 1 is 1.12 bits per heavy atom. The number of guanidine groups is 1. The first-order chi connectivity index (χ1) is 11.7. The van der Waals surface area contributed by atoms with Gasteiger partial charge in [-0.2, -0.15) is 4.40 Å². The van der Waals surface area contributed by atoms with Gasteiger partial charge < -0.3 is 10.6 Å². The van der Waals surface area contributed by atoms with Crippen molar-refractivity contribution in [1.82, 2.24) is 0 Å². The van der Waals surface area contributed by atoms with Crippen LogP contribution >= 0.6 is 11.9 Å². The van der Waals surface area contributed by atoms with Crippen LogP contribution in [0.25, 0.3) is 0 Å². The quantitative estimate of drug-likeness (QED) is 0.677. The molecule has 2 aromatic rings. The molecular formula is C20H23N3S. The highest BCUT2D eigenvalue weighted by Gasteiger charge is 2.25. The summed E-state index contributed by atoms with van der Waals surface area (Å²) in [6.45, 7) is 4.43. The number of benzene rings is 2. The Morgan fingerprint density at radius 2 is 1.92 bits per heavy atom. The van der Waals surface area contributed by atoms with Crippen molar-refractivity contribution >= 4 is 29.3 Å². The number of para-hydroxylation sites is 1. The van der Waals surface area contributed by atoms with Crippen LogP contribution in [0.3, 0.4) is 0 Å². The Morgan fingerprint density at radius 3 is 2.58 bits per heavy atom. The fourth-order valence-electron chi connectivity index (χ4n) is 3.20. The molecule has 124 valence electrons. The molecule has 0 unspecified atom stereocenters. The smallest absolute Gasteiger partial charge is 0.212 e. The molecule has 4 rings (SSSR count). The molecule has 1 aliphatic heterocycles. The predicted molar refractivity (Wildman–Crippen MR) is 104 cm³/mol. The van der Waals surface area contributed by atoms with Gasteiger partial charge in [0, 0.05) is 17.6 Å². The van der Waals surface area contributed by atoms with E-state index in [-0.39, 0.29) is 0 Å². The summed E-state index contributed by atoms with van der Waals surface area (Å²) in [4.78, 5) is 1.22. The van der Waals surface area contributed by atoms with E-state index >= 15 is 0 Å². The second kappa shape index (κ2) is 6.52. The first-order valence-electron chi connectivity index (χ1n) is 8.72. The largest absolute Gasteiger partial charge is 0.325 e. The molecule has 0 aromatic heterocycles. The molecule has 4 heteroatoms.